The molecule has 0 aliphatic heterocycles. The Hall–Kier alpha value is -3.19. The summed E-state index contributed by atoms with van der Waals surface area (Å²) in [5.41, 5.74) is 0.773. The number of carbonyl (C=O) groups is 2. The summed E-state index contributed by atoms with van der Waals surface area (Å²) in [5.74, 6) is -2.11. The summed E-state index contributed by atoms with van der Waals surface area (Å²) in [4.78, 5) is 24.8. The zero-order valence-corrected chi connectivity index (χ0v) is 14.9. The van der Waals surface area contributed by atoms with Crippen LogP contribution >= 0.6 is 11.6 Å². The number of carbonyl (C=O) groups excluding carboxylic acids is 2. The van der Waals surface area contributed by atoms with Crippen LogP contribution in [0.3, 0.4) is 0 Å². The Morgan fingerprint density at radius 2 is 1.96 bits per heavy atom. The van der Waals surface area contributed by atoms with Crippen molar-refractivity contribution in [3.8, 4) is 11.3 Å². The second-order valence-electron chi connectivity index (χ2n) is 5.43. The number of hydrogen-bond donors (Lipinski definition) is 1. The molecule has 0 aliphatic carbocycles. The lowest BCUT2D eigenvalue weighted by atomic mass is 10.1. The summed E-state index contributed by atoms with van der Waals surface area (Å²) in [6.45, 7) is 1.78. The lowest BCUT2D eigenvalue weighted by Gasteiger charge is -2.06. The van der Waals surface area contributed by atoms with E-state index >= 15 is 0 Å². The number of benzene rings is 2. The maximum absolute atomic E-state index is 13.3. The van der Waals surface area contributed by atoms with Gasteiger partial charge in [-0.05, 0) is 37.3 Å². The molecule has 0 unspecified atom stereocenters. The van der Waals surface area contributed by atoms with E-state index in [0.717, 1.165) is 6.07 Å². The number of hydrogen-bond acceptors (Lipinski definition) is 5. The van der Waals surface area contributed by atoms with Crippen molar-refractivity contribution in [3.05, 3.63) is 70.5 Å². The van der Waals surface area contributed by atoms with E-state index < -0.39 is 17.7 Å². The number of nitrogens with one attached hydrogen (secondary N) is 1. The Balaban J connectivity index is 1.98. The fourth-order valence-corrected chi connectivity index (χ4v) is 2.50. The molecule has 138 valence electrons. The van der Waals surface area contributed by atoms with Gasteiger partial charge in [0.25, 0.3) is 5.91 Å². The van der Waals surface area contributed by atoms with E-state index in [4.69, 9.17) is 20.9 Å². The van der Waals surface area contributed by atoms with Crippen molar-refractivity contribution in [1.82, 2.24) is 5.16 Å². The number of esters is 1. The SMILES string of the molecule is CCOC(=O)c1c(-c2ccc(Cl)cc2)noc1NC(=O)c1cccc(F)c1. The highest BCUT2D eigenvalue weighted by Crippen LogP contribution is 2.30. The zero-order chi connectivity index (χ0) is 19.4. The second kappa shape index (κ2) is 8.01. The van der Waals surface area contributed by atoms with Gasteiger partial charge in [-0.15, -0.1) is 0 Å². The number of nitrogens with zero attached hydrogens (tertiary/aromatic N) is 1. The van der Waals surface area contributed by atoms with Crippen molar-refractivity contribution in [2.45, 2.75) is 6.92 Å². The third kappa shape index (κ3) is 4.15. The van der Waals surface area contributed by atoms with E-state index in [1.54, 1.807) is 31.2 Å². The van der Waals surface area contributed by atoms with Crippen LogP contribution in [0.15, 0.2) is 53.1 Å². The molecule has 1 N–H and O–H groups in total. The summed E-state index contributed by atoms with van der Waals surface area (Å²) in [7, 11) is 0. The first-order valence-corrected chi connectivity index (χ1v) is 8.37. The Morgan fingerprint density at radius 1 is 1.22 bits per heavy atom. The minimum absolute atomic E-state index is 0.0380. The second-order valence-corrected chi connectivity index (χ2v) is 5.86. The number of ether oxygens (including phenoxy) is 1. The molecule has 0 aliphatic rings. The third-order valence-electron chi connectivity index (χ3n) is 3.60. The molecule has 0 spiro atoms. The molecule has 0 saturated heterocycles. The fourth-order valence-electron chi connectivity index (χ4n) is 2.38. The fraction of sp³-hybridized carbons (Fsp3) is 0.105. The number of aromatic nitrogens is 1. The van der Waals surface area contributed by atoms with Gasteiger partial charge in [-0.1, -0.05) is 35.0 Å². The van der Waals surface area contributed by atoms with Crippen LogP contribution in [0.25, 0.3) is 11.3 Å². The van der Waals surface area contributed by atoms with Crippen LogP contribution in [-0.4, -0.2) is 23.6 Å². The molecule has 3 rings (SSSR count). The Bertz CT molecular complexity index is 986. The number of halogens is 2. The largest absolute Gasteiger partial charge is 0.462 e. The monoisotopic (exact) mass is 388 g/mol. The minimum Gasteiger partial charge on any atom is -0.462 e. The van der Waals surface area contributed by atoms with Gasteiger partial charge in [0.2, 0.25) is 5.88 Å². The highest BCUT2D eigenvalue weighted by molar-refractivity contribution is 6.30. The molecule has 1 heterocycles. The van der Waals surface area contributed by atoms with Gasteiger partial charge in [0, 0.05) is 16.1 Å². The molecule has 1 aromatic heterocycles. The predicted molar refractivity (Wildman–Crippen MR) is 97.3 cm³/mol. The van der Waals surface area contributed by atoms with Gasteiger partial charge >= 0.3 is 5.97 Å². The van der Waals surface area contributed by atoms with Crippen molar-refractivity contribution in [2.24, 2.45) is 0 Å². The first-order chi connectivity index (χ1) is 13.0. The zero-order valence-electron chi connectivity index (χ0n) is 14.2. The average Bonchev–Trinajstić information content (AvgIpc) is 3.06. The topological polar surface area (TPSA) is 81.4 Å². The molecule has 3 aromatic rings. The van der Waals surface area contributed by atoms with Gasteiger partial charge in [-0.25, -0.2) is 9.18 Å². The van der Waals surface area contributed by atoms with Crippen LogP contribution in [-0.2, 0) is 4.74 Å². The highest BCUT2D eigenvalue weighted by atomic mass is 35.5. The molecule has 27 heavy (non-hydrogen) atoms. The molecular formula is C19H14ClFN2O4. The summed E-state index contributed by atoms with van der Waals surface area (Å²) in [6, 6.07) is 11.7. The molecule has 8 heteroatoms. The van der Waals surface area contributed by atoms with Crippen molar-refractivity contribution in [1.29, 1.82) is 0 Å². The predicted octanol–water partition coefficient (Wildman–Crippen LogP) is 4.56. The van der Waals surface area contributed by atoms with Crippen molar-refractivity contribution >= 4 is 29.4 Å². The maximum Gasteiger partial charge on any atom is 0.346 e. The van der Waals surface area contributed by atoms with Crippen molar-refractivity contribution < 1.29 is 23.2 Å². The van der Waals surface area contributed by atoms with Gasteiger partial charge in [-0.3, -0.25) is 10.1 Å². The lowest BCUT2D eigenvalue weighted by molar-refractivity contribution is 0.0528. The first-order valence-electron chi connectivity index (χ1n) is 7.99. The quantitative estimate of drug-likeness (QED) is 0.648. The van der Waals surface area contributed by atoms with E-state index in [1.165, 1.54) is 18.2 Å². The molecule has 0 saturated carbocycles. The van der Waals surface area contributed by atoms with Gasteiger partial charge in [0.05, 0.1) is 6.61 Å². The highest BCUT2D eigenvalue weighted by Gasteiger charge is 2.27. The van der Waals surface area contributed by atoms with Crippen LogP contribution in [0.5, 0.6) is 0 Å². The van der Waals surface area contributed by atoms with Crippen molar-refractivity contribution in [3.63, 3.8) is 0 Å². The van der Waals surface area contributed by atoms with E-state index in [0.29, 0.717) is 10.6 Å². The van der Waals surface area contributed by atoms with Crippen LogP contribution in [0.2, 0.25) is 5.02 Å². The Labute approximate surface area is 158 Å². The molecule has 0 radical (unpaired) electrons. The van der Waals surface area contributed by atoms with Crippen LogP contribution in [0.1, 0.15) is 27.6 Å². The van der Waals surface area contributed by atoms with Crippen LogP contribution in [0.4, 0.5) is 10.3 Å². The minimum atomic E-state index is -0.710. The van der Waals surface area contributed by atoms with Gasteiger partial charge in [0.1, 0.15) is 11.5 Å². The molecule has 0 fully saturated rings. The normalized spacial score (nSPS) is 10.5. The molecule has 0 atom stereocenters. The van der Waals surface area contributed by atoms with Gasteiger partial charge in [-0.2, -0.15) is 0 Å². The number of rotatable bonds is 5. The smallest absolute Gasteiger partial charge is 0.346 e. The Kier molecular flexibility index (Phi) is 5.52. The average molecular weight is 389 g/mol. The third-order valence-corrected chi connectivity index (χ3v) is 3.86. The Morgan fingerprint density at radius 3 is 2.63 bits per heavy atom. The van der Waals surface area contributed by atoms with Crippen LogP contribution < -0.4 is 5.32 Å². The molecule has 1 amide bonds. The number of anilines is 1. The summed E-state index contributed by atoms with van der Waals surface area (Å²) in [6.07, 6.45) is 0. The lowest BCUT2D eigenvalue weighted by Crippen LogP contribution is -2.15. The van der Waals surface area contributed by atoms with E-state index in [9.17, 15) is 14.0 Å². The molecular weight excluding hydrogens is 375 g/mol. The van der Waals surface area contributed by atoms with Gasteiger partial charge in [0.15, 0.2) is 5.56 Å². The van der Waals surface area contributed by atoms with E-state index in [-0.39, 0.29) is 29.3 Å². The number of amides is 1. The first kappa shape index (κ1) is 18.6. The van der Waals surface area contributed by atoms with E-state index in [1.807, 2.05) is 0 Å². The summed E-state index contributed by atoms with van der Waals surface area (Å²) < 4.78 is 23.5. The maximum atomic E-state index is 13.3. The van der Waals surface area contributed by atoms with Crippen LogP contribution in [0, 0.1) is 5.82 Å². The van der Waals surface area contributed by atoms with Crippen molar-refractivity contribution in [2.75, 3.05) is 11.9 Å². The van der Waals surface area contributed by atoms with Gasteiger partial charge < -0.3 is 9.26 Å². The molecule has 2 aromatic carbocycles. The molecule has 6 nitrogen and oxygen atoms in total. The summed E-state index contributed by atoms with van der Waals surface area (Å²) >= 11 is 5.88. The molecule has 0 bridgehead atoms. The van der Waals surface area contributed by atoms with E-state index in [2.05, 4.69) is 10.5 Å². The standard InChI is InChI=1S/C19H14ClFN2O4/c1-2-26-19(25)15-16(11-6-8-13(20)9-7-11)23-27-18(15)22-17(24)12-4-3-5-14(21)10-12/h3-10H,2H2,1H3,(H,22,24). The summed E-state index contributed by atoms with van der Waals surface area (Å²) in [5, 5.41) is 6.82.